The average molecular weight is 419 g/mol. The smallest absolute Gasteiger partial charge is 0.0631 e. The van der Waals surface area contributed by atoms with Gasteiger partial charge >= 0.3 is 0 Å². The summed E-state index contributed by atoms with van der Waals surface area (Å²) in [5.74, 6) is 0. The number of anilines is 1. The summed E-state index contributed by atoms with van der Waals surface area (Å²) in [6.45, 7) is 6.67. The van der Waals surface area contributed by atoms with Crippen LogP contribution in [0.1, 0.15) is 70.8 Å². The van der Waals surface area contributed by atoms with Crippen molar-refractivity contribution in [2.45, 2.75) is 78.2 Å². The molecule has 0 heterocycles. The molecule has 0 bridgehead atoms. The second-order valence-electron chi connectivity index (χ2n) is 5.94. The highest BCUT2D eigenvalue weighted by molar-refractivity contribution is 9.11. The van der Waals surface area contributed by atoms with Crippen molar-refractivity contribution in [3.8, 4) is 0 Å². The van der Waals surface area contributed by atoms with Crippen molar-refractivity contribution in [3.63, 3.8) is 0 Å². The Morgan fingerprint density at radius 2 is 1.38 bits per heavy atom. The van der Waals surface area contributed by atoms with Gasteiger partial charge in [0.05, 0.1) is 5.69 Å². The fourth-order valence-corrected chi connectivity index (χ4v) is 4.26. The van der Waals surface area contributed by atoms with Gasteiger partial charge < -0.3 is 5.32 Å². The van der Waals surface area contributed by atoms with E-state index in [2.05, 4.69) is 70.1 Å². The lowest BCUT2D eigenvalue weighted by atomic mass is 10.0. The lowest BCUT2D eigenvalue weighted by Gasteiger charge is -2.22. The first-order valence-corrected chi connectivity index (χ1v) is 9.89. The minimum Gasteiger partial charge on any atom is -0.380 e. The molecule has 0 atom stereocenters. The molecule has 1 nitrogen and oxygen atoms in total. The summed E-state index contributed by atoms with van der Waals surface area (Å²) in [5.41, 5.74) is 2.48. The van der Waals surface area contributed by atoms with Crippen molar-refractivity contribution in [2.75, 3.05) is 5.32 Å². The van der Waals surface area contributed by atoms with Crippen LogP contribution < -0.4 is 5.32 Å². The normalized spacial score (nSPS) is 11.1. The van der Waals surface area contributed by atoms with Crippen molar-refractivity contribution >= 4 is 37.5 Å². The van der Waals surface area contributed by atoms with Crippen LogP contribution in [0.4, 0.5) is 5.69 Å². The summed E-state index contributed by atoms with van der Waals surface area (Å²) in [4.78, 5) is 0. The van der Waals surface area contributed by atoms with E-state index in [4.69, 9.17) is 0 Å². The van der Waals surface area contributed by atoms with E-state index >= 15 is 0 Å². The van der Waals surface area contributed by atoms with Crippen LogP contribution in [0.15, 0.2) is 21.1 Å². The first kappa shape index (κ1) is 19.0. The molecule has 1 rings (SSSR count). The molecule has 0 fully saturated rings. The molecule has 0 saturated carbocycles. The van der Waals surface area contributed by atoms with Gasteiger partial charge in [-0.25, -0.2) is 0 Å². The van der Waals surface area contributed by atoms with Crippen molar-refractivity contribution < 1.29 is 0 Å². The number of hydrogen-bond acceptors (Lipinski definition) is 1. The Morgan fingerprint density at radius 1 is 0.905 bits per heavy atom. The molecule has 0 unspecified atom stereocenters. The van der Waals surface area contributed by atoms with Crippen molar-refractivity contribution in [1.82, 2.24) is 0 Å². The van der Waals surface area contributed by atoms with Gasteiger partial charge in [-0.3, -0.25) is 0 Å². The second kappa shape index (κ2) is 10.7. The zero-order chi connectivity index (χ0) is 15.7. The summed E-state index contributed by atoms with van der Waals surface area (Å²) < 4.78 is 2.32. The quantitative estimate of drug-likeness (QED) is 0.388. The average Bonchev–Trinajstić information content (AvgIpc) is 2.42. The van der Waals surface area contributed by atoms with E-state index in [9.17, 15) is 0 Å². The number of halogens is 2. The van der Waals surface area contributed by atoms with E-state index in [1.807, 2.05) is 0 Å². The molecule has 1 N–H and O–H groups in total. The molecule has 0 radical (unpaired) electrons. The zero-order valence-corrected chi connectivity index (χ0v) is 16.8. The second-order valence-corrected chi connectivity index (χ2v) is 7.65. The van der Waals surface area contributed by atoms with E-state index in [0.29, 0.717) is 6.04 Å². The molecular weight excluding hydrogens is 390 g/mol. The molecule has 120 valence electrons. The van der Waals surface area contributed by atoms with Crippen LogP contribution in [0.2, 0.25) is 0 Å². The van der Waals surface area contributed by atoms with Crippen molar-refractivity contribution in [2.24, 2.45) is 0 Å². The standard InChI is InChI=1S/C18H29Br2N/c1-4-6-8-10-15(11-9-7-5-2)21-18-16(19)12-14(3)13-17(18)20/h12-13,15,21H,4-11H2,1-3H3. The predicted octanol–water partition coefficient (Wildman–Crippen LogP) is 7.46. The number of hydrogen-bond donors (Lipinski definition) is 1. The van der Waals surface area contributed by atoms with Gasteiger partial charge in [0.25, 0.3) is 0 Å². The molecule has 0 saturated heterocycles. The molecule has 0 spiro atoms. The summed E-state index contributed by atoms with van der Waals surface area (Å²) in [6.07, 6.45) is 10.4. The van der Waals surface area contributed by atoms with E-state index in [1.165, 1.54) is 62.6 Å². The molecule has 1 aromatic rings. The van der Waals surface area contributed by atoms with Gasteiger partial charge in [-0.05, 0) is 69.3 Å². The number of benzene rings is 1. The topological polar surface area (TPSA) is 12.0 Å². The van der Waals surface area contributed by atoms with Gasteiger partial charge in [-0.2, -0.15) is 0 Å². The maximum Gasteiger partial charge on any atom is 0.0631 e. The van der Waals surface area contributed by atoms with Crippen LogP contribution >= 0.6 is 31.9 Å². The third-order valence-corrected chi connectivity index (χ3v) is 5.10. The number of aryl methyl sites for hydroxylation is 1. The SMILES string of the molecule is CCCCCC(CCCCC)Nc1c(Br)cc(C)cc1Br. The largest absolute Gasteiger partial charge is 0.380 e. The first-order chi connectivity index (χ1) is 10.1. The Balaban J connectivity index is 2.69. The molecule has 3 heteroatoms. The Hall–Kier alpha value is -0.0200. The van der Waals surface area contributed by atoms with Crippen LogP contribution in [0, 0.1) is 6.92 Å². The van der Waals surface area contributed by atoms with Crippen molar-refractivity contribution in [1.29, 1.82) is 0 Å². The lowest BCUT2D eigenvalue weighted by Crippen LogP contribution is -2.20. The van der Waals surface area contributed by atoms with Crippen LogP contribution in [0.3, 0.4) is 0 Å². The monoisotopic (exact) mass is 417 g/mol. The minimum atomic E-state index is 0.582. The number of unbranched alkanes of at least 4 members (excludes halogenated alkanes) is 4. The van der Waals surface area contributed by atoms with Gasteiger partial charge in [-0.15, -0.1) is 0 Å². The van der Waals surface area contributed by atoms with E-state index in [1.54, 1.807) is 0 Å². The molecule has 1 aromatic carbocycles. The lowest BCUT2D eigenvalue weighted by molar-refractivity contribution is 0.526. The Labute approximate surface area is 147 Å². The molecule has 0 aliphatic carbocycles. The highest BCUT2D eigenvalue weighted by atomic mass is 79.9. The molecule has 0 amide bonds. The summed E-state index contributed by atoms with van der Waals surface area (Å²) in [6, 6.07) is 4.95. The third-order valence-electron chi connectivity index (χ3n) is 3.85. The molecule has 0 aromatic heterocycles. The van der Waals surface area contributed by atoms with Gasteiger partial charge in [0, 0.05) is 15.0 Å². The van der Waals surface area contributed by atoms with Gasteiger partial charge in [0.2, 0.25) is 0 Å². The third kappa shape index (κ3) is 7.19. The maximum absolute atomic E-state index is 3.77. The van der Waals surface area contributed by atoms with Crippen LogP contribution in [-0.2, 0) is 0 Å². The minimum absolute atomic E-state index is 0.582. The fourth-order valence-electron chi connectivity index (χ4n) is 2.61. The molecule has 0 aliphatic rings. The number of rotatable bonds is 10. The van der Waals surface area contributed by atoms with Crippen molar-refractivity contribution in [3.05, 3.63) is 26.6 Å². The van der Waals surface area contributed by atoms with Gasteiger partial charge in [0.1, 0.15) is 0 Å². The molecule has 21 heavy (non-hydrogen) atoms. The fraction of sp³-hybridized carbons (Fsp3) is 0.667. The Morgan fingerprint density at radius 3 is 1.81 bits per heavy atom. The highest BCUT2D eigenvalue weighted by Gasteiger charge is 2.13. The maximum atomic E-state index is 3.77. The molecule has 0 aliphatic heterocycles. The summed E-state index contributed by atoms with van der Waals surface area (Å²) in [7, 11) is 0. The molecular formula is C18H29Br2N. The zero-order valence-electron chi connectivity index (χ0n) is 13.6. The summed E-state index contributed by atoms with van der Waals surface area (Å²) in [5, 5.41) is 3.77. The van der Waals surface area contributed by atoms with E-state index in [0.717, 1.165) is 8.95 Å². The van der Waals surface area contributed by atoms with Crippen LogP contribution in [0.25, 0.3) is 0 Å². The summed E-state index contributed by atoms with van der Waals surface area (Å²) >= 11 is 7.40. The van der Waals surface area contributed by atoms with Gasteiger partial charge in [0.15, 0.2) is 0 Å². The predicted molar refractivity (Wildman–Crippen MR) is 102 cm³/mol. The van der Waals surface area contributed by atoms with E-state index < -0.39 is 0 Å². The highest BCUT2D eigenvalue weighted by Crippen LogP contribution is 2.33. The first-order valence-electron chi connectivity index (χ1n) is 8.30. The Kier molecular flexibility index (Phi) is 9.66. The number of nitrogens with one attached hydrogen (secondary N) is 1. The van der Waals surface area contributed by atoms with Gasteiger partial charge in [-0.1, -0.05) is 52.4 Å². The van der Waals surface area contributed by atoms with Crippen LogP contribution in [0.5, 0.6) is 0 Å². The van der Waals surface area contributed by atoms with E-state index in [-0.39, 0.29) is 0 Å². The van der Waals surface area contributed by atoms with Crippen LogP contribution in [-0.4, -0.2) is 6.04 Å². The Bertz CT molecular complexity index is 385.